The fourth-order valence-corrected chi connectivity index (χ4v) is 2.93. The molecular weight excluding hydrogens is 166 g/mol. The van der Waals surface area contributed by atoms with E-state index in [4.69, 9.17) is 0 Å². The predicted octanol–water partition coefficient (Wildman–Crippen LogP) is 1.80. The molecule has 0 heterocycles. The van der Waals surface area contributed by atoms with Gasteiger partial charge < -0.3 is 0 Å². The van der Waals surface area contributed by atoms with E-state index in [0.717, 1.165) is 12.8 Å². The number of nitrogens with zero attached hydrogens (tertiary/aromatic N) is 1. The van der Waals surface area contributed by atoms with Crippen LogP contribution in [0.5, 0.6) is 0 Å². The van der Waals surface area contributed by atoms with Gasteiger partial charge in [-0.3, -0.25) is 4.79 Å². The molecule has 0 aromatic heterocycles. The third-order valence-electron chi connectivity index (χ3n) is 4.39. The predicted molar refractivity (Wildman–Crippen MR) is 47.7 cm³/mol. The number of rotatable bonds is 0. The van der Waals surface area contributed by atoms with Crippen molar-refractivity contribution < 1.29 is 10.0 Å². The Kier molecular flexibility index (Phi) is 1.44. The number of fused-ring (bicyclic) bond motifs is 2. The Balaban J connectivity index is 2.57. The molecule has 2 fully saturated rings. The van der Waals surface area contributed by atoms with Gasteiger partial charge in [0.25, 0.3) is 0 Å². The minimum Gasteiger partial charge on any atom is -0.292 e. The summed E-state index contributed by atoms with van der Waals surface area (Å²) < 4.78 is 0. The Hall–Kier alpha value is -0.860. The van der Waals surface area contributed by atoms with Gasteiger partial charge in [0.1, 0.15) is 5.71 Å². The molecule has 0 aromatic carbocycles. The van der Waals surface area contributed by atoms with Gasteiger partial charge in [0.2, 0.25) is 0 Å². The van der Waals surface area contributed by atoms with Crippen molar-refractivity contribution in [3.63, 3.8) is 0 Å². The summed E-state index contributed by atoms with van der Waals surface area (Å²) in [7, 11) is 0. The third-order valence-corrected chi connectivity index (χ3v) is 4.39. The zero-order valence-electron chi connectivity index (χ0n) is 8.26. The van der Waals surface area contributed by atoms with Crippen molar-refractivity contribution >= 4 is 11.5 Å². The van der Waals surface area contributed by atoms with E-state index in [1.807, 2.05) is 6.92 Å². The second-order valence-corrected chi connectivity index (χ2v) is 4.95. The van der Waals surface area contributed by atoms with Crippen molar-refractivity contribution in [2.75, 3.05) is 0 Å². The first-order chi connectivity index (χ1) is 5.95. The molecule has 2 bridgehead atoms. The van der Waals surface area contributed by atoms with Gasteiger partial charge in [-0.05, 0) is 23.4 Å². The monoisotopic (exact) mass is 180 g/mol. The lowest BCUT2D eigenvalue weighted by Gasteiger charge is -2.31. The molecule has 2 aliphatic carbocycles. The quantitative estimate of drug-likeness (QED) is 0.524. The highest BCUT2D eigenvalue weighted by molar-refractivity contribution is 6.45. The highest BCUT2D eigenvalue weighted by Gasteiger charge is 2.65. The van der Waals surface area contributed by atoms with Crippen LogP contribution in [0.25, 0.3) is 0 Å². The highest BCUT2D eigenvalue weighted by atomic mass is 16.4. The van der Waals surface area contributed by atoms with Gasteiger partial charge in [-0.1, -0.05) is 20.8 Å². The van der Waals surface area contributed by atoms with E-state index in [1.165, 1.54) is 0 Å². The van der Waals surface area contributed by atoms with Gasteiger partial charge in [0.15, 0.2) is 5.78 Å². The van der Waals surface area contributed by atoms with E-state index in [9.17, 15) is 10.0 Å². The van der Waals surface area contributed by atoms with Gasteiger partial charge in [-0.2, -0.15) is 0 Å². The number of ketones is 1. The first-order valence-corrected chi connectivity index (χ1v) is 4.70. The van der Waals surface area contributed by atoms with Crippen molar-refractivity contribution in [3.8, 4) is 0 Å². The first-order valence-electron chi connectivity index (χ1n) is 4.70. The summed E-state index contributed by atoms with van der Waals surface area (Å²) >= 11 is 0. The number of hydrogen-bond donors (Lipinski definition) is 0. The maximum absolute atomic E-state index is 11.8. The van der Waals surface area contributed by atoms with Crippen molar-refractivity contribution in [2.45, 2.75) is 33.6 Å². The molecule has 1 radical (unpaired) electrons. The topological polar surface area (TPSA) is 49.3 Å². The van der Waals surface area contributed by atoms with Crippen LogP contribution in [0.1, 0.15) is 33.6 Å². The van der Waals surface area contributed by atoms with Crippen LogP contribution in [0.2, 0.25) is 0 Å². The number of carbonyl (C=O) groups excluding carboxylic acids is 1. The minimum atomic E-state index is -0.332. The molecular formula is C10H14NO2. The SMILES string of the molecule is CC1(C)[C@H]2CC[C@]1(C)C(=O)/C2=N/[O]. The van der Waals surface area contributed by atoms with Crippen LogP contribution in [0.4, 0.5) is 0 Å². The van der Waals surface area contributed by atoms with E-state index >= 15 is 0 Å². The van der Waals surface area contributed by atoms with E-state index in [-0.39, 0.29) is 22.5 Å². The fourth-order valence-electron chi connectivity index (χ4n) is 2.93. The molecule has 0 aliphatic heterocycles. The van der Waals surface area contributed by atoms with E-state index in [1.54, 1.807) is 0 Å². The molecule has 0 spiro atoms. The van der Waals surface area contributed by atoms with Gasteiger partial charge in [0.05, 0.1) is 0 Å². The maximum Gasteiger partial charge on any atom is 0.187 e. The van der Waals surface area contributed by atoms with Crippen LogP contribution in [0.3, 0.4) is 0 Å². The van der Waals surface area contributed by atoms with Crippen LogP contribution in [-0.2, 0) is 10.0 Å². The normalized spacial score (nSPS) is 44.7. The minimum absolute atomic E-state index is 0.0104. The van der Waals surface area contributed by atoms with Gasteiger partial charge in [-0.25, -0.2) is 0 Å². The summed E-state index contributed by atoms with van der Waals surface area (Å²) in [6.07, 6.45) is 1.85. The summed E-state index contributed by atoms with van der Waals surface area (Å²) in [5.74, 6) is 0.0891. The summed E-state index contributed by atoms with van der Waals surface area (Å²) in [6, 6.07) is 0. The van der Waals surface area contributed by atoms with Crippen molar-refractivity contribution in [1.82, 2.24) is 0 Å². The smallest absolute Gasteiger partial charge is 0.187 e. The molecule has 3 heteroatoms. The Morgan fingerprint density at radius 1 is 1.38 bits per heavy atom. The third kappa shape index (κ3) is 0.713. The Morgan fingerprint density at radius 2 is 2.00 bits per heavy atom. The molecule has 2 saturated carbocycles. The zero-order valence-corrected chi connectivity index (χ0v) is 8.26. The zero-order chi connectivity index (χ0) is 9.85. The second-order valence-electron chi connectivity index (χ2n) is 4.95. The van der Waals surface area contributed by atoms with Crippen molar-refractivity contribution in [2.24, 2.45) is 21.9 Å². The molecule has 0 aromatic rings. The lowest BCUT2D eigenvalue weighted by Crippen LogP contribution is -2.33. The van der Waals surface area contributed by atoms with E-state index in [2.05, 4.69) is 19.0 Å². The lowest BCUT2D eigenvalue weighted by atomic mass is 9.70. The second kappa shape index (κ2) is 2.14. The molecule has 2 rings (SSSR count). The van der Waals surface area contributed by atoms with E-state index < -0.39 is 0 Å². The van der Waals surface area contributed by atoms with E-state index in [0.29, 0.717) is 5.71 Å². The standard InChI is InChI=1S/C10H14NO2/c1-9(2)6-4-5-10(9,3)8(12)7(6)11-13/h6H,4-5H2,1-3H3/b11-7+/t6-,10+/m0/s1. The molecule has 0 unspecified atom stereocenters. The number of hydrogen-bond acceptors (Lipinski definition) is 2. The summed E-state index contributed by atoms with van der Waals surface area (Å²) in [4.78, 5) is 11.8. The van der Waals surface area contributed by atoms with Crippen molar-refractivity contribution in [3.05, 3.63) is 0 Å². The van der Waals surface area contributed by atoms with Crippen LogP contribution in [0, 0.1) is 16.7 Å². The molecule has 13 heavy (non-hydrogen) atoms. The molecule has 3 nitrogen and oxygen atoms in total. The molecule has 0 amide bonds. The molecule has 71 valence electrons. The Bertz CT molecular complexity index is 306. The lowest BCUT2D eigenvalue weighted by molar-refractivity contribution is -0.123. The van der Waals surface area contributed by atoms with Gasteiger partial charge >= 0.3 is 0 Å². The van der Waals surface area contributed by atoms with Gasteiger partial charge in [-0.15, -0.1) is 5.21 Å². The first kappa shape index (κ1) is 8.73. The Labute approximate surface area is 77.8 Å². The number of Topliss-reactive ketones (excluding diaryl/α,β-unsaturated/α-hetero) is 1. The Morgan fingerprint density at radius 3 is 2.31 bits per heavy atom. The average Bonchev–Trinajstić information content (AvgIpc) is 2.36. The summed E-state index contributed by atoms with van der Waals surface area (Å²) in [5, 5.41) is 13.4. The van der Waals surface area contributed by atoms with Crippen molar-refractivity contribution in [1.29, 1.82) is 0 Å². The largest absolute Gasteiger partial charge is 0.292 e. The maximum atomic E-state index is 11.8. The highest BCUT2D eigenvalue weighted by Crippen LogP contribution is 2.62. The molecule has 2 atom stereocenters. The summed E-state index contributed by atoms with van der Waals surface area (Å²) in [6.45, 7) is 6.11. The van der Waals surface area contributed by atoms with Gasteiger partial charge in [0, 0.05) is 11.3 Å². The van der Waals surface area contributed by atoms with Crippen LogP contribution in [-0.4, -0.2) is 11.5 Å². The van der Waals surface area contributed by atoms with Crippen LogP contribution >= 0.6 is 0 Å². The summed E-state index contributed by atoms with van der Waals surface area (Å²) in [5.41, 5.74) is -0.118. The number of carbonyl (C=O) groups is 1. The fraction of sp³-hybridized carbons (Fsp3) is 0.800. The average molecular weight is 180 g/mol. The van der Waals surface area contributed by atoms with Crippen LogP contribution < -0.4 is 0 Å². The molecule has 2 aliphatic rings. The van der Waals surface area contributed by atoms with Crippen LogP contribution in [0.15, 0.2) is 5.16 Å². The molecule has 0 saturated heterocycles. The molecule has 0 N–H and O–H groups in total.